The average molecular weight is 543 g/mol. The molecule has 0 radical (unpaired) electrons. The molecule has 1 aromatic rings. The topological polar surface area (TPSA) is 72.5 Å². The predicted molar refractivity (Wildman–Crippen MR) is 147 cm³/mol. The van der Waals surface area contributed by atoms with Crippen LogP contribution in [0.2, 0.25) is 0 Å². The molecule has 4 aliphatic rings. The van der Waals surface area contributed by atoms with Gasteiger partial charge in [-0.15, -0.1) is 0 Å². The normalized spacial score (nSPS) is 33.5. The van der Waals surface area contributed by atoms with Crippen LogP contribution >= 0.6 is 0 Å². The van der Waals surface area contributed by atoms with Gasteiger partial charge in [-0.05, 0) is 88.7 Å². The first-order valence-electron chi connectivity index (χ1n) is 15.3. The lowest BCUT2D eigenvalue weighted by atomic mass is 9.85. The maximum Gasteiger partial charge on any atom is 0.306 e. The largest absolute Gasteiger partial charge is 0.491 e. The fourth-order valence-corrected chi connectivity index (χ4v) is 6.43. The van der Waals surface area contributed by atoms with Gasteiger partial charge in [-0.25, -0.2) is 0 Å². The molecule has 0 aromatic heterocycles. The van der Waals surface area contributed by atoms with Crippen molar-refractivity contribution in [2.75, 3.05) is 19.8 Å². The molecule has 7 heteroatoms. The van der Waals surface area contributed by atoms with E-state index in [1.54, 1.807) is 0 Å². The standard InChI is InChI=1S/C32H46O7/c33-30-15-7-2-1-6-14-26-27(29(22-28(26)38-30)39-32-17-9-11-21-35-32)19-18-25(37-31-16-8-10-20-34-31)23-36-24-12-4-3-5-13-24/h1,3-6,12-13,25-29,31-32H,2,7-11,14-23H2/b6-1-/t25-,26-,27-,28+,29-,31?,32?/m1/s1. The van der Waals surface area contributed by atoms with Crippen LogP contribution in [0.1, 0.15) is 83.5 Å². The van der Waals surface area contributed by atoms with Crippen molar-refractivity contribution in [3.05, 3.63) is 42.5 Å². The molecule has 3 aliphatic heterocycles. The molecule has 3 heterocycles. The van der Waals surface area contributed by atoms with E-state index in [2.05, 4.69) is 12.2 Å². The van der Waals surface area contributed by atoms with Crippen molar-refractivity contribution >= 4 is 5.97 Å². The van der Waals surface area contributed by atoms with Gasteiger partial charge in [0.2, 0.25) is 0 Å². The molecule has 1 aromatic carbocycles. The number of carbonyl (C=O) groups excluding carboxylic acids is 1. The van der Waals surface area contributed by atoms with E-state index in [0.717, 1.165) is 96.0 Å². The zero-order valence-electron chi connectivity index (χ0n) is 23.3. The van der Waals surface area contributed by atoms with Gasteiger partial charge in [-0.1, -0.05) is 30.4 Å². The number of benzene rings is 1. The van der Waals surface area contributed by atoms with Gasteiger partial charge in [-0.3, -0.25) is 4.79 Å². The van der Waals surface area contributed by atoms with Crippen LogP contribution < -0.4 is 4.74 Å². The molecule has 216 valence electrons. The minimum absolute atomic E-state index is 0.00771. The van der Waals surface area contributed by atoms with E-state index < -0.39 is 0 Å². The van der Waals surface area contributed by atoms with Crippen LogP contribution in [0.15, 0.2) is 42.5 Å². The van der Waals surface area contributed by atoms with Crippen molar-refractivity contribution in [1.82, 2.24) is 0 Å². The van der Waals surface area contributed by atoms with Gasteiger partial charge in [0.25, 0.3) is 0 Å². The summed E-state index contributed by atoms with van der Waals surface area (Å²) in [5, 5.41) is 0. The van der Waals surface area contributed by atoms with Crippen LogP contribution in [0.4, 0.5) is 0 Å². The second kappa shape index (κ2) is 15.2. The first kappa shape index (κ1) is 28.6. The number of carbonyl (C=O) groups is 1. The lowest BCUT2D eigenvalue weighted by Crippen LogP contribution is -2.34. The molecular weight excluding hydrogens is 496 g/mol. The first-order chi connectivity index (χ1) is 19.2. The van der Waals surface area contributed by atoms with Crippen molar-refractivity contribution < 1.29 is 33.2 Å². The Hall–Kier alpha value is -1.93. The van der Waals surface area contributed by atoms with E-state index in [-0.39, 0.29) is 48.7 Å². The van der Waals surface area contributed by atoms with Crippen molar-refractivity contribution in [3.8, 4) is 5.75 Å². The third kappa shape index (κ3) is 8.78. The number of hydrogen-bond donors (Lipinski definition) is 0. The number of rotatable bonds is 10. The molecule has 7 nitrogen and oxygen atoms in total. The monoisotopic (exact) mass is 542 g/mol. The van der Waals surface area contributed by atoms with Crippen LogP contribution in [0.5, 0.6) is 5.75 Å². The minimum Gasteiger partial charge on any atom is -0.491 e. The van der Waals surface area contributed by atoms with Crippen molar-refractivity contribution in [2.24, 2.45) is 11.8 Å². The second-order valence-corrected chi connectivity index (χ2v) is 11.4. The fraction of sp³-hybridized carbons (Fsp3) is 0.719. The molecule has 0 bridgehead atoms. The zero-order chi connectivity index (χ0) is 26.7. The summed E-state index contributed by atoms with van der Waals surface area (Å²) in [4.78, 5) is 12.6. The average Bonchev–Trinajstić information content (AvgIpc) is 3.28. The number of fused-ring (bicyclic) bond motifs is 1. The van der Waals surface area contributed by atoms with Crippen LogP contribution in [0.25, 0.3) is 0 Å². The predicted octanol–water partition coefficient (Wildman–Crippen LogP) is 6.35. The first-order valence-corrected chi connectivity index (χ1v) is 15.3. The Kier molecular flexibility index (Phi) is 11.1. The van der Waals surface area contributed by atoms with E-state index >= 15 is 0 Å². The molecular formula is C32H46O7. The van der Waals surface area contributed by atoms with Gasteiger partial charge >= 0.3 is 5.97 Å². The molecule has 2 unspecified atom stereocenters. The summed E-state index contributed by atoms with van der Waals surface area (Å²) in [6, 6.07) is 9.91. The maximum atomic E-state index is 12.6. The summed E-state index contributed by atoms with van der Waals surface area (Å²) in [5.74, 6) is 1.23. The highest BCUT2D eigenvalue weighted by Crippen LogP contribution is 2.43. The van der Waals surface area contributed by atoms with Gasteiger partial charge < -0.3 is 28.4 Å². The SMILES string of the molecule is O=C1CCC/C=C\C[C@@H]2[C@@H](CC[C@H](COc3ccccc3)OC3CCCCO3)[C@H](OC3CCCCO3)C[C@@H]2O1. The summed E-state index contributed by atoms with van der Waals surface area (Å²) in [6.07, 6.45) is 15.8. The highest BCUT2D eigenvalue weighted by Gasteiger charge is 2.46. The Morgan fingerprint density at radius 3 is 2.49 bits per heavy atom. The number of allylic oxidation sites excluding steroid dienone is 2. The molecule has 3 fully saturated rings. The molecule has 7 atom stereocenters. The lowest BCUT2D eigenvalue weighted by Gasteiger charge is -2.32. The summed E-state index contributed by atoms with van der Waals surface area (Å²) in [6.45, 7) is 1.97. The maximum absolute atomic E-state index is 12.6. The molecule has 1 aliphatic carbocycles. The van der Waals surface area contributed by atoms with E-state index in [1.165, 1.54) is 0 Å². The summed E-state index contributed by atoms with van der Waals surface area (Å²) >= 11 is 0. The van der Waals surface area contributed by atoms with E-state index in [0.29, 0.717) is 13.0 Å². The number of hydrogen-bond acceptors (Lipinski definition) is 7. The Bertz CT molecular complexity index is 878. The zero-order valence-corrected chi connectivity index (χ0v) is 23.3. The Morgan fingerprint density at radius 2 is 1.72 bits per heavy atom. The van der Waals surface area contributed by atoms with Gasteiger partial charge in [0.05, 0.1) is 12.2 Å². The summed E-state index contributed by atoms with van der Waals surface area (Å²) < 4.78 is 37.2. The molecule has 39 heavy (non-hydrogen) atoms. The van der Waals surface area contributed by atoms with Crippen LogP contribution in [-0.2, 0) is 28.5 Å². The Morgan fingerprint density at radius 1 is 0.923 bits per heavy atom. The van der Waals surface area contributed by atoms with E-state index in [9.17, 15) is 4.79 Å². The molecule has 0 amide bonds. The van der Waals surface area contributed by atoms with Crippen molar-refractivity contribution in [2.45, 2.75) is 114 Å². The third-order valence-corrected chi connectivity index (χ3v) is 8.53. The highest BCUT2D eigenvalue weighted by molar-refractivity contribution is 5.69. The van der Waals surface area contributed by atoms with Crippen LogP contribution in [0, 0.1) is 11.8 Å². The lowest BCUT2D eigenvalue weighted by molar-refractivity contribution is -0.202. The molecule has 1 saturated carbocycles. The third-order valence-electron chi connectivity index (χ3n) is 8.53. The fourth-order valence-electron chi connectivity index (χ4n) is 6.43. The summed E-state index contributed by atoms with van der Waals surface area (Å²) in [7, 11) is 0. The smallest absolute Gasteiger partial charge is 0.306 e. The van der Waals surface area contributed by atoms with E-state index in [1.807, 2.05) is 30.3 Å². The summed E-state index contributed by atoms with van der Waals surface area (Å²) in [5.41, 5.74) is 0. The Labute approximate surface area is 233 Å². The van der Waals surface area contributed by atoms with Gasteiger partial charge in [0, 0.05) is 32.0 Å². The van der Waals surface area contributed by atoms with Crippen molar-refractivity contribution in [1.29, 1.82) is 0 Å². The van der Waals surface area contributed by atoms with Gasteiger partial charge in [0.15, 0.2) is 12.6 Å². The molecule has 5 rings (SSSR count). The quantitative estimate of drug-likeness (QED) is 0.252. The van der Waals surface area contributed by atoms with Crippen LogP contribution in [0.3, 0.4) is 0 Å². The highest BCUT2D eigenvalue weighted by atomic mass is 16.7. The number of para-hydroxylation sites is 1. The second-order valence-electron chi connectivity index (χ2n) is 11.4. The van der Waals surface area contributed by atoms with Gasteiger partial charge in [0.1, 0.15) is 18.5 Å². The molecule has 0 spiro atoms. The van der Waals surface area contributed by atoms with Crippen LogP contribution in [-0.4, -0.2) is 56.7 Å². The van der Waals surface area contributed by atoms with Crippen molar-refractivity contribution in [3.63, 3.8) is 0 Å². The molecule has 2 saturated heterocycles. The van der Waals surface area contributed by atoms with E-state index in [4.69, 9.17) is 28.4 Å². The van der Waals surface area contributed by atoms with Gasteiger partial charge in [-0.2, -0.15) is 0 Å². The number of ether oxygens (including phenoxy) is 6. The Balaban J connectivity index is 1.28. The minimum atomic E-state index is -0.181. The number of esters is 1. The molecule has 0 N–H and O–H groups in total.